The molecule has 126 valence electrons. The van der Waals surface area contributed by atoms with E-state index in [1.165, 1.54) is 5.56 Å². The minimum Gasteiger partial charge on any atom is -0.497 e. The maximum absolute atomic E-state index is 12.5. The van der Waals surface area contributed by atoms with Crippen LogP contribution in [0.4, 0.5) is 4.79 Å². The molecule has 0 saturated carbocycles. The molecule has 0 unspecified atom stereocenters. The van der Waals surface area contributed by atoms with E-state index in [9.17, 15) is 4.79 Å². The van der Waals surface area contributed by atoms with Gasteiger partial charge in [0.1, 0.15) is 5.75 Å². The van der Waals surface area contributed by atoms with Crippen LogP contribution in [0.1, 0.15) is 5.56 Å². The Morgan fingerprint density at radius 3 is 2.22 bits per heavy atom. The summed E-state index contributed by atoms with van der Waals surface area (Å²) in [5.41, 5.74) is 1.28. The highest BCUT2D eigenvalue weighted by atomic mass is 16.5. The van der Waals surface area contributed by atoms with Crippen molar-refractivity contribution in [2.45, 2.75) is 6.54 Å². The fourth-order valence-electron chi connectivity index (χ4n) is 3.04. The molecule has 6 nitrogen and oxygen atoms in total. The van der Waals surface area contributed by atoms with E-state index < -0.39 is 0 Å². The maximum Gasteiger partial charge on any atom is 0.320 e. The van der Waals surface area contributed by atoms with Crippen molar-refractivity contribution in [3.63, 3.8) is 0 Å². The third-order valence-electron chi connectivity index (χ3n) is 4.49. The molecule has 2 aliphatic heterocycles. The number of rotatable bonds is 3. The normalized spacial score (nSPS) is 19.7. The van der Waals surface area contributed by atoms with E-state index in [1.54, 1.807) is 7.11 Å². The Labute approximate surface area is 137 Å². The largest absolute Gasteiger partial charge is 0.497 e. The number of urea groups is 1. The van der Waals surface area contributed by atoms with Crippen LogP contribution in [-0.2, 0) is 11.3 Å². The lowest BCUT2D eigenvalue weighted by atomic mass is 10.2. The molecule has 0 atom stereocenters. The topological polar surface area (TPSA) is 45.2 Å². The number of hydrogen-bond donors (Lipinski definition) is 0. The first-order chi connectivity index (χ1) is 11.3. The van der Waals surface area contributed by atoms with Gasteiger partial charge >= 0.3 is 6.03 Å². The van der Waals surface area contributed by atoms with Gasteiger partial charge in [-0.15, -0.1) is 0 Å². The van der Waals surface area contributed by atoms with Gasteiger partial charge in [-0.3, -0.25) is 4.90 Å². The number of methoxy groups -OCH3 is 1. The molecule has 0 spiro atoms. The summed E-state index contributed by atoms with van der Waals surface area (Å²) in [6.45, 7) is 7.09. The maximum atomic E-state index is 12.5. The smallest absolute Gasteiger partial charge is 0.320 e. The van der Waals surface area contributed by atoms with Crippen LogP contribution in [0.5, 0.6) is 5.75 Å². The zero-order chi connectivity index (χ0) is 16.1. The van der Waals surface area contributed by atoms with Gasteiger partial charge in [-0.2, -0.15) is 0 Å². The minimum atomic E-state index is 0.164. The SMILES string of the molecule is COc1ccc(CN2CCN(C(=O)N3CCOCC3)CC2)cc1. The summed E-state index contributed by atoms with van der Waals surface area (Å²) in [5.74, 6) is 0.884. The number of morpholine rings is 1. The Balaban J connectivity index is 1.46. The van der Waals surface area contributed by atoms with Gasteiger partial charge in [0.2, 0.25) is 0 Å². The summed E-state index contributed by atoms with van der Waals surface area (Å²) >= 11 is 0. The Hall–Kier alpha value is -1.79. The number of hydrogen-bond acceptors (Lipinski definition) is 4. The van der Waals surface area contributed by atoms with Crippen molar-refractivity contribution in [1.82, 2.24) is 14.7 Å². The highest BCUT2D eigenvalue weighted by Crippen LogP contribution is 2.15. The third-order valence-corrected chi connectivity index (χ3v) is 4.49. The van der Waals surface area contributed by atoms with Crippen molar-refractivity contribution >= 4 is 6.03 Å². The Morgan fingerprint density at radius 1 is 1.00 bits per heavy atom. The van der Waals surface area contributed by atoms with Crippen LogP contribution in [0, 0.1) is 0 Å². The molecule has 0 radical (unpaired) electrons. The number of carbonyl (C=O) groups excluding carboxylic acids is 1. The minimum absolute atomic E-state index is 0.164. The van der Waals surface area contributed by atoms with E-state index in [0.29, 0.717) is 26.3 Å². The predicted molar refractivity (Wildman–Crippen MR) is 87.6 cm³/mol. The highest BCUT2D eigenvalue weighted by Gasteiger charge is 2.26. The van der Waals surface area contributed by atoms with Crippen molar-refractivity contribution in [2.75, 3.05) is 59.6 Å². The zero-order valence-corrected chi connectivity index (χ0v) is 13.7. The molecular weight excluding hydrogens is 294 g/mol. The van der Waals surface area contributed by atoms with Gasteiger partial charge in [0, 0.05) is 45.8 Å². The number of benzene rings is 1. The molecule has 2 saturated heterocycles. The summed E-state index contributed by atoms with van der Waals surface area (Å²) in [6.07, 6.45) is 0. The van der Waals surface area contributed by atoms with Crippen molar-refractivity contribution in [3.8, 4) is 5.75 Å². The number of ether oxygens (including phenoxy) is 2. The Morgan fingerprint density at radius 2 is 1.61 bits per heavy atom. The van der Waals surface area contributed by atoms with E-state index in [2.05, 4.69) is 17.0 Å². The van der Waals surface area contributed by atoms with Crippen molar-refractivity contribution < 1.29 is 14.3 Å². The molecule has 0 bridgehead atoms. The Kier molecular flexibility index (Phi) is 5.35. The van der Waals surface area contributed by atoms with Gasteiger partial charge in [-0.1, -0.05) is 12.1 Å². The molecule has 2 amide bonds. The van der Waals surface area contributed by atoms with E-state index in [4.69, 9.17) is 9.47 Å². The Bertz CT molecular complexity index is 506. The standard InChI is InChI=1S/C17H25N3O3/c1-22-16-4-2-15(3-5-16)14-18-6-8-19(9-7-18)17(21)20-10-12-23-13-11-20/h2-5H,6-14H2,1H3. The molecule has 0 aliphatic carbocycles. The van der Waals surface area contributed by atoms with Crippen LogP contribution in [0.15, 0.2) is 24.3 Å². The van der Waals surface area contributed by atoms with E-state index in [0.717, 1.165) is 38.5 Å². The van der Waals surface area contributed by atoms with Gasteiger partial charge in [0.05, 0.1) is 20.3 Å². The first-order valence-corrected chi connectivity index (χ1v) is 8.23. The number of nitrogens with zero attached hydrogens (tertiary/aromatic N) is 3. The average Bonchev–Trinajstić information content (AvgIpc) is 2.63. The molecular formula is C17H25N3O3. The summed E-state index contributed by atoms with van der Waals surface area (Å²) < 4.78 is 10.5. The van der Waals surface area contributed by atoms with Crippen LogP contribution in [0.25, 0.3) is 0 Å². The van der Waals surface area contributed by atoms with Crippen molar-refractivity contribution in [2.24, 2.45) is 0 Å². The molecule has 1 aromatic carbocycles. The summed E-state index contributed by atoms with van der Waals surface area (Å²) in [4.78, 5) is 18.7. The van der Waals surface area contributed by atoms with Gasteiger partial charge in [0.15, 0.2) is 0 Å². The summed E-state index contributed by atoms with van der Waals surface area (Å²) in [5, 5.41) is 0. The second-order valence-corrected chi connectivity index (χ2v) is 5.99. The lowest BCUT2D eigenvalue weighted by molar-refractivity contribution is 0.0373. The number of piperazine rings is 1. The van der Waals surface area contributed by atoms with Crippen LogP contribution in [-0.4, -0.2) is 80.3 Å². The molecule has 23 heavy (non-hydrogen) atoms. The molecule has 1 aromatic rings. The van der Waals surface area contributed by atoms with Crippen LogP contribution < -0.4 is 4.74 Å². The third kappa shape index (κ3) is 4.14. The first-order valence-electron chi connectivity index (χ1n) is 8.23. The second-order valence-electron chi connectivity index (χ2n) is 5.99. The van der Waals surface area contributed by atoms with Gasteiger partial charge in [-0.25, -0.2) is 4.79 Å². The van der Waals surface area contributed by atoms with Crippen LogP contribution >= 0.6 is 0 Å². The molecule has 6 heteroatoms. The lowest BCUT2D eigenvalue weighted by Gasteiger charge is -2.38. The number of carbonyl (C=O) groups is 1. The summed E-state index contributed by atoms with van der Waals surface area (Å²) in [6, 6.07) is 8.35. The average molecular weight is 319 g/mol. The van der Waals surface area contributed by atoms with E-state index >= 15 is 0 Å². The van der Waals surface area contributed by atoms with E-state index in [-0.39, 0.29) is 6.03 Å². The molecule has 2 fully saturated rings. The molecule has 0 N–H and O–H groups in total. The molecule has 2 aliphatic rings. The highest BCUT2D eigenvalue weighted by molar-refractivity contribution is 5.74. The van der Waals surface area contributed by atoms with Gasteiger partial charge in [0.25, 0.3) is 0 Å². The fraction of sp³-hybridized carbons (Fsp3) is 0.588. The van der Waals surface area contributed by atoms with Crippen LogP contribution in [0.3, 0.4) is 0 Å². The molecule has 0 aromatic heterocycles. The van der Waals surface area contributed by atoms with E-state index in [1.807, 2.05) is 21.9 Å². The van der Waals surface area contributed by atoms with Crippen molar-refractivity contribution in [3.05, 3.63) is 29.8 Å². The van der Waals surface area contributed by atoms with Crippen molar-refractivity contribution in [1.29, 1.82) is 0 Å². The molecule has 2 heterocycles. The lowest BCUT2D eigenvalue weighted by Crippen LogP contribution is -2.54. The van der Waals surface area contributed by atoms with Crippen LogP contribution in [0.2, 0.25) is 0 Å². The second kappa shape index (κ2) is 7.66. The van der Waals surface area contributed by atoms with Gasteiger partial charge in [-0.05, 0) is 17.7 Å². The predicted octanol–water partition coefficient (Wildman–Crippen LogP) is 1.26. The number of amides is 2. The van der Waals surface area contributed by atoms with Gasteiger partial charge < -0.3 is 19.3 Å². The summed E-state index contributed by atoms with van der Waals surface area (Å²) in [7, 11) is 1.68. The zero-order valence-electron chi connectivity index (χ0n) is 13.7. The molecule has 3 rings (SSSR count). The fourth-order valence-corrected chi connectivity index (χ4v) is 3.04. The monoisotopic (exact) mass is 319 g/mol. The quantitative estimate of drug-likeness (QED) is 0.841. The first kappa shape index (κ1) is 16.1.